The molecule has 0 aromatic heterocycles. The third kappa shape index (κ3) is 2.60. The van der Waals surface area contributed by atoms with Crippen LogP contribution in [0.25, 0.3) is 0 Å². The first-order valence-corrected chi connectivity index (χ1v) is 6.21. The van der Waals surface area contributed by atoms with E-state index >= 15 is 0 Å². The third-order valence-corrected chi connectivity index (χ3v) is 3.93. The number of hydrogen-bond donors (Lipinski definition) is 2. The first-order chi connectivity index (χ1) is 8.01. The standard InChI is InChI=1S/C12H20N2O3/c1-8-12(2,5-6-17-8)14-11(16)9-3-4-10(15)13-7-9/h8-9H,3-7H2,1-2H3,(H,13,15)(H,14,16). The normalized spacial score (nSPS) is 37.6. The van der Waals surface area contributed by atoms with Gasteiger partial charge < -0.3 is 15.4 Å². The van der Waals surface area contributed by atoms with Crippen molar-refractivity contribution in [3.8, 4) is 0 Å². The maximum atomic E-state index is 12.1. The minimum Gasteiger partial charge on any atom is -0.376 e. The number of piperidine rings is 1. The summed E-state index contributed by atoms with van der Waals surface area (Å²) in [5.74, 6) is -0.0278. The van der Waals surface area contributed by atoms with Crippen molar-refractivity contribution in [2.75, 3.05) is 13.2 Å². The fourth-order valence-corrected chi connectivity index (χ4v) is 2.34. The molecular weight excluding hydrogens is 220 g/mol. The predicted octanol–water partition coefficient (Wildman–Crippen LogP) is 0.196. The van der Waals surface area contributed by atoms with Crippen LogP contribution < -0.4 is 10.6 Å². The number of nitrogens with one attached hydrogen (secondary N) is 2. The topological polar surface area (TPSA) is 67.4 Å². The Bertz CT molecular complexity index is 322. The molecule has 2 saturated heterocycles. The number of ether oxygens (including phenoxy) is 1. The van der Waals surface area contributed by atoms with Crippen molar-refractivity contribution in [3.63, 3.8) is 0 Å². The van der Waals surface area contributed by atoms with Gasteiger partial charge in [-0.2, -0.15) is 0 Å². The molecule has 0 bridgehead atoms. The maximum absolute atomic E-state index is 12.1. The number of amides is 2. The molecule has 0 radical (unpaired) electrons. The molecule has 0 aliphatic carbocycles. The molecule has 2 aliphatic rings. The molecule has 5 heteroatoms. The average Bonchev–Trinajstić information content (AvgIpc) is 2.60. The summed E-state index contributed by atoms with van der Waals surface area (Å²) in [5, 5.41) is 5.80. The van der Waals surface area contributed by atoms with E-state index in [9.17, 15) is 9.59 Å². The van der Waals surface area contributed by atoms with E-state index in [-0.39, 0.29) is 29.4 Å². The van der Waals surface area contributed by atoms with E-state index in [0.717, 1.165) is 6.42 Å². The van der Waals surface area contributed by atoms with E-state index in [2.05, 4.69) is 10.6 Å². The second kappa shape index (κ2) is 4.64. The molecule has 0 aromatic carbocycles. The van der Waals surface area contributed by atoms with Gasteiger partial charge in [-0.1, -0.05) is 0 Å². The second-order valence-corrected chi connectivity index (χ2v) is 5.21. The van der Waals surface area contributed by atoms with Crippen LogP contribution in [-0.4, -0.2) is 36.6 Å². The summed E-state index contributed by atoms with van der Waals surface area (Å²) < 4.78 is 5.49. The van der Waals surface area contributed by atoms with Crippen molar-refractivity contribution in [1.82, 2.24) is 10.6 Å². The lowest BCUT2D eigenvalue weighted by atomic mass is 9.91. The van der Waals surface area contributed by atoms with Crippen LogP contribution in [0.5, 0.6) is 0 Å². The van der Waals surface area contributed by atoms with Crippen molar-refractivity contribution < 1.29 is 14.3 Å². The first kappa shape index (κ1) is 12.4. The summed E-state index contributed by atoms with van der Waals surface area (Å²) in [6.07, 6.45) is 1.98. The van der Waals surface area contributed by atoms with Crippen LogP contribution in [0, 0.1) is 5.92 Å². The summed E-state index contributed by atoms with van der Waals surface area (Å²) in [5.41, 5.74) is -0.265. The molecule has 2 N–H and O–H groups in total. The maximum Gasteiger partial charge on any atom is 0.225 e. The van der Waals surface area contributed by atoms with Crippen LogP contribution >= 0.6 is 0 Å². The van der Waals surface area contributed by atoms with Crippen LogP contribution in [0.1, 0.15) is 33.1 Å². The van der Waals surface area contributed by atoms with Gasteiger partial charge in [0, 0.05) is 19.6 Å². The molecule has 0 aromatic rings. The molecule has 3 unspecified atom stereocenters. The van der Waals surface area contributed by atoms with Gasteiger partial charge in [0.25, 0.3) is 0 Å². The summed E-state index contributed by atoms with van der Waals surface area (Å²) in [6, 6.07) is 0. The zero-order valence-electron chi connectivity index (χ0n) is 10.4. The fourth-order valence-electron chi connectivity index (χ4n) is 2.34. The Hall–Kier alpha value is -1.10. The van der Waals surface area contributed by atoms with E-state index in [1.54, 1.807) is 0 Å². The van der Waals surface area contributed by atoms with Gasteiger partial charge in [0.05, 0.1) is 17.6 Å². The van der Waals surface area contributed by atoms with Gasteiger partial charge in [0.2, 0.25) is 11.8 Å². The van der Waals surface area contributed by atoms with Gasteiger partial charge in [-0.25, -0.2) is 0 Å². The highest BCUT2D eigenvalue weighted by Crippen LogP contribution is 2.26. The van der Waals surface area contributed by atoms with Crippen LogP contribution in [0.4, 0.5) is 0 Å². The highest BCUT2D eigenvalue weighted by atomic mass is 16.5. The van der Waals surface area contributed by atoms with Gasteiger partial charge in [-0.05, 0) is 26.7 Å². The lowest BCUT2D eigenvalue weighted by Gasteiger charge is -2.32. The lowest BCUT2D eigenvalue weighted by molar-refractivity contribution is -0.130. The molecule has 17 heavy (non-hydrogen) atoms. The molecule has 2 heterocycles. The Morgan fingerprint density at radius 3 is 2.88 bits per heavy atom. The van der Waals surface area contributed by atoms with E-state index in [4.69, 9.17) is 4.74 Å². The lowest BCUT2D eigenvalue weighted by Crippen LogP contribution is -2.54. The Morgan fingerprint density at radius 1 is 1.59 bits per heavy atom. The molecule has 2 rings (SSSR count). The molecule has 3 atom stereocenters. The molecule has 5 nitrogen and oxygen atoms in total. The molecule has 2 aliphatic heterocycles. The largest absolute Gasteiger partial charge is 0.376 e. The number of carbonyl (C=O) groups excluding carboxylic acids is 2. The Labute approximate surface area is 101 Å². The highest BCUT2D eigenvalue weighted by Gasteiger charge is 2.39. The Morgan fingerprint density at radius 2 is 2.35 bits per heavy atom. The van der Waals surface area contributed by atoms with Crippen LogP contribution in [0.3, 0.4) is 0 Å². The van der Waals surface area contributed by atoms with E-state index in [1.165, 1.54) is 0 Å². The van der Waals surface area contributed by atoms with E-state index in [1.807, 2.05) is 13.8 Å². The minimum atomic E-state index is -0.265. The summed E-state index contributed by atoms with van der Waals surface area (Å²) in [6.45, 7) is 5.15. The average molecular weight is 240 g/mol. The highest BCUT2D eigenvalue weighted by molar-refractivity contribution is 5.84. The van der Waals surface area contributed by atoms with Gasteiger partial charge in [0.15, 0.2) is 0 Å². The Kier molecular flexibility index (Phi) is 3.38. The third-order valence-electron chi connectivity index (χ3n) is 3.93. The van der Waals surface area contributed by atoms with Crippen molar-refractivity contribution in [2.45, 2.75) is 44.8 Å². The molecule has 0 saturated carbocycles. The van der Waals surface area contributed by atoms with E-state index < -0.39 is 0 Å². The zero-order chi connectivity index (χ0) is 12.5. The molecule has 0 spiro atoms. The van der Waals surface area contributed by atoms with Gasteiger partial charge in [-0.3, -0.25) is 9.59 Å². The summed E-state index contributed by atoms with van der Waals surface area (Å²) in [7, 11) is 0. The predicted molar refractivity (Wildman–Crippen MR) is 62.3 cm³/mol. The van der Waals surface area contributed by atoms with Gasteiger partial charge in [-0.15, -0.1) is 0 Å². The van der Waals surface area contributed by atoms with Crippen molar-refractivity contribution in [2.24, 2.45) is 5.92 Å². The van der Waals surface area contributed by atoms with Crippen LogP contribution in [0.2, 0.25) is 0 Å². The summed E-state index contributed by atoms with van der Waals surface area (Å²) in [4.78, 5) is 23.1. The SMILES string of the molecule is CC1OCCC1(C)NC(=O)C1CCC(=O)NC1. The summed E-state index contributed by atoms with van der Waals surface area (Å²) >= 11 is 0. The number of rotatable bonds is 2. The first-order valence-electron chi connectivity index (χ1n) is 6.21. The van der Waals surface area contributed by atoms with Gasteiger partial charge >= 0.3 is 0 Å². The fraction of sp³-hybridized carbons (Fsp3) is 0.833. The molecular formula is C12H20N2O3. The Balaban J connectivity index is 1.90. The van der Waals surface area contributed by atoms with E-state index in [0.29, 0.717) is 26.0 Å². The second-order valence-electron chi connectivity index (χ2n) is 5.21. The van der Waals surface area contributed by atoms with Crippen molar-refractivity contribution in [3.05, 3.63) is 0 Å². The molecule has 2 fully saturated rings. The van der Waals surface area contributed by atoms with Gasteiger partial charge in [0.1, 0.15) is 0 Å². The molecule has 96 valence electrons. The quantitative estimate of drug-likeness (QED) is 0.724. The number of carbonyl (C=O) groups is 2. The van der Waals surface area contributed by atoms with Crippen LogP contribution in [0.15, 0.2) is 0 Å². The van der Waals surface area contributed by atoms with Crippen molar-refractivity contribution in [1.29, 1.82) is 0 Å². The smallest absolute Gasteiger partial charge is 0.225 e. The number of hydrogen-bond acceptors (Lipinski definition) is 3. The van der Waals surface area contributed by atoms with Crippen molar-refractivity contribution >= 4 is 11.8 Å². The minimum absolute atomic E-state index is 0.0323. The monoisotopic (exact) mass is 240 g/mol. The zero-order valence-corrected chi connectivity index (χ0v) is 10.4. The van der Waals surface area contributed by atoms with Crippen LogP contribution in [-0.2, 0) is 14.3 Å². The molecule has 2 amide bonds.